The molecule has 0 unspecified atom stereocenters. The third-order valence-corrected chi connectivity index (χ3v) is 7.18. The number of carbonyl (C=O) groups excluding carboxylic acids is 1. The maximum atomic E-state index is 14.8. The number of benzene rings is 3. The molecule has 1 aliphatic rings. The zero-order valence-corrected chi connectivity index (χ0v) is 22.0. The highest BCUT2D eigenvalue weighted by Gasteiger charge is 2.32. The summed E-state index contributed by atoms with van der Waals surface area (Å²) in [7, 11) is 3.02. The van der Waals surface area contributed by atoms with Crippen LogP contribution in [-0.2, 0) is 28.0 Å². The predicted molar refractivity (Wildman–Crippen MR) is 140 cm³/mol. The van der Waals surface area contributed by atoms with Crippen molar-refractivity contribution in [3.05, 3.63) is 82.7 Å². The molecule has 2 atom stereocenters. The minimum atomic E-state index is -0.279. The molecule has 5 heteroatoms. The van der Waals surface area contributed by atoms with E-state index in [1.165, 1.54) is 24.3 Å². The van der Waals surface area contributed by atoms with Crippen LogP contribution in [0.4, 0.5) is 4.39 Å². The number of ether oxygens (including phenoxy) is 3. The summed E-state index contributed by atoms with van der Waals surface area (Å²) < 4.78 is 31.3. The summed E-state index contributed by atoms with van der Waals surface area (Å²) in [5.74, 6) is 0.889. The number of halogens is 1. The van der Waals surface area contributed by atoms with E-state index in [0.29, 0.717) is 17.9 Å². The second-order valence-corrected chi connectivity index (χ2v) is 10.6. The lowest BCUT2D eigenvalue weighted by atomic mass is 9.81. The lowest BCUT2D eigenvalue weighted by Gasteiger charge is -2.25. The second kappa shape index (κ2) is 10.3. The normalized spacial score (nSPS) is 15.8. The minimum absolute atomic E-state index is 0.139. The Morgan fingerprint density at radius 2 is 1.75 bits per heavy atom. The summed E-state index contributed by atoms with van der Waals surface area (Å²) in [4.78, 5) is 12.1. The number of fused-ring (bicyclic) bond motifs is 1. The fraction of sp³-hybridized carbons (Fsp3) is 0.387. The molecule has 0 heterocycles. The van der Waals surface area contributed by atoms with Crippen LogP contribution in [0.25, 0.3) is 11.1 Å². The lowest BCUT2D eigenvalue weighted by molar-refractivity contribution is -0.145. The largest absolute Gasteiger partial charge is 0.497 e. The van der Waals surface area contributed by atoms with Crippen LogP contribution < -0.4 is 9.47 Å². The quantitative estimate of drug-likeness (QED) is 0.328. The van der Waals surface area contributed by atoms with E-state index in [1.807, 2.05) is 25.1 Å². The number of rotatable bonds is 7. The fourth-order valence-electron chi connectivity index (χ4n) is 5.11. The van der Waals surface area contributed by atoms with Gasteiger partial charge in [0.1, 0.15) is 23.9 Å². The predicted octanol–water partition coefficient (Wildman–Crippen LogP) is 7.22. The van der Waals surface area contributed by atoms with E-state index in [0.717, 1.165) is 35.3 Å². The monoisotopic (exact) mass is 490 g/mol. The number of esters is 1. The standard InChI is InChI=1S/C31H35FO4/c1-19(30(33)35-6)24-13-9-21-8-10-23(17-26(21)24)36-18-20-7-12-25(28(15-20)31(2,3)4)27-16-22(34-5)11-14-29(27)32/h7-8,10-12,14-17,19,24H,9,13,18H2,1-6H3/t19-,24-/m1/s1. The molecule has 0 amide bonds. The molecule has 0 radical (unpaired) electrons. The third kappa shape index (κ3) is 5.25. The first-order chi connectivity index (χ1) is 17.1. The summed E-state index contributed by atoms with van der Waals surface area (Å²) >= 11 is 0. The summed E-state index contributed by atoms with van der Waals surface area (Å²) in [6.07, 6.45) is 1.89. The molecule has 0 aromatic heterocycles. The van der Waals surface area contributed by atoms with E-state index in [4.69, 9.17) is 14.2 Å². The zero-order valence-electron chi connectivity index (χ0n) is 22.0. The first-order valence-corrected chi connectivity index (χ1v) is 12.4. The van der Waals surface area contributed by atoms with Crippen LogP contribution in [-0.4, -0.2) is 20.2 Å². The Kier molecular flexibility index (Phi) is 7.39. The topological polar surface area (TPSA) is 44.8 Å². The van der Waals surface area contributed by atoms with Crippen molar-refractivity contribution in [3.63, 3.8) is 0 Å². The van der Waals surface area contributed by atoms with Gasteiger partial charge in [0, 0.05) is 5.56 Å². The molecule has 0 aliphatic heterocycles. The van der Waals surface area contributed by atoms with Crippen molar-refractivity contribution in [1.29, 1.82) is 0 Å². The van der Waals surface area contributed by atoms with Gasteiger partial charge in [-0.3, -0.25) is 4.79 Å². The smallest absolute Gasteiger partial charge is 0.308 e. The van der Waals surface area contributed by atoms with Crippen LogP contribution in [0.2, 0.25) is 0 Å². The fourth-order valence-corrected chi connectivity index (χ4v) is 5.11. The number of hydrogen-bond acceptors (Lipinski definition) is 4. The van der Waals surface area contributed by atoms with E-state index >= 15 is 0 Å². The van der Waals surface area contributed by atoms with Crippen LogP contribution >= 0.6 is 0 Å². The Morgan fingerprint density at radius 1 is 1.00 bits per heavy atom. The molecule has 4 nitrogen and oxygen atoms in total. The highest BCUT2D eigenvalue weighted by molar-refractivity contribution is 5.73. The molecule has 4 rings (SSSR count). The van der Waals surface area contributed by atoms with Gasteiger partial charge in [-0.05, 0) is 82.3 Å². The first kappa shape index (κ1) is 25.7. The molecular weight excluding hydrogens is 455 g/mol. The number of aryl methyl sites for hydroxylation is 1. The van der Waals surface area contributed by atoms with Crippen LogP contribution in [0.1, 0.15) is 62.3 Å². The van der Waals surface area contributed by atoms with Crippen LogP contribution in [0.3, 0.4) is 0 Å². The van der Waals surface area contributed by atoms with E-state index in [-0.39, 0.29) is 29.0 Å². The van der Waals surface area contributed by atoms with E-state index in [2.05, 4.69) is 39.0 Å². The molecule has 36 heavy (non-hydrogen) atoms. The molecule has 190 valence electrons. The van der Waals surface area contributed by atoms with Crippen molar-refractivity contribution in [2.24, 2.45) is 5.92 Å². The summed E-state index contributed by atoms with van der Waals surface area (Å²) in [6.45, 7) is 8.69. The molecule has 3 aromatic rings. The number of methoxy groups -OCH3 is 2. The third-order valence-electron chi connectivity index (χ3n) is 7.18. The molecule has 3 aromatic carbocycles. The van der Waals surface area contributed by atoms with Crippen LogP contribution in [0.15, 0.2) is 54.6 Å². The van der Waals surface area contributed by atoms with Gasteiger partial charge in [0.05, 0.1) is 20.1 Å². The minimum Gasteiger partial charge on any atom is -0.497 e. The van der Waals surface area contributed by atoms with Gasteiger partial charge in [-0.15, -0.1) is 0 Å². The molecule has 0 N–H and O–H groups in total. The Balaban J connectivity index is 1.59. The number of carbonyl (C=O) groups is 1. The van der Waals surface area contributed by atoms with Gasteiger partial charge in [0.15, 0.2) is 0 Å². The Bertz CT molecular complexity index is 1260. The van der Waals surface area contributed by atoms with Gasteiger partial charge in [-0.2, -0.15) is 0 Å². The molecule has 0 saturated carbocycles. The Hall–Kier alpha value is -3.34. The van der Waals surface area contributed by atoms with Gasteiger partial charge in [0.25, 0.3) is 0 Å². The Labute approximate surface area is 213 Å². The maximum Gasteiger partial charge on any atom is 0.308 e. The average Bonchev–Trinajstić information content (AvgIpc) is 3.29. The second-order valence-electron chi connectivity index (χ2n) is 10.6. The van der Waals surface area contributed by atoms with Gasteiger partial charge in [0.2, 0.25) is 0 Å². The van der Waals surface area contributed by atoms with E-state index < -0.39 is 0 Å². The lowest BCUT2D eigenvalue weighted by Crippen LogP contribution is -2.19. The van der Waals surface area contributed by atoms with Gasteiger partial charge >= 0.3 is 5.97 Å². The first-order valence-electron chi connectivity index (χ1n) is 12.4. The molecule has 1 aliphatic carbocycles. The maximum absolute atomic E-state index is 14.8. The van der Waals surface area contributed by atoms with Crippen LogP contribution in [0, 0.1) is 11.7 Å². The van der Waals surface area contributed by atoms with Crippen LogP contribution in [0.5, 0.6) is 11.5 Å². The SMILES string of the molecule is COC(=O)[C@H](C)[C@H]1CCc2ccc(OCc3ccc(-c4cc(OC)ccc4F)c(C(C)(C)C)c3)cc21. The summed E-state index contributed by atoms with van der Waals surface area (Å²) in [5, 5.41) is 0. The molecule has 0 spiro atoms. The van der Waals surface area contributed by atoms with Gasteiger partial charge < -0.3 is 14.2 Å². The van der Waals surface area contributed by atoms with Crippen molar-refractivity contribution in [2.45, 2.75) is 58.5 Å². The average molecular weight is 491 g/mol. The van der Waals surface area contributed by atoms with Crippen molar-refractivity contribution in [2.75, 3.05) is 14.2 Å². The molecular formula is C31H35FO4. The highest BCUT2D eigenvalue weighted by Crippen LogP contribution is 2.41. The zero-order chi connectivity index (χ0) is 26.0. The van der Waals surface area contributed by atoms with Crippen molar-refractivity contribution >= 4 is 5.97 Å². The summed E-state index contributed by atoms with van der Waals surface area (Å²) in [5.41, 5.74) is 5.65. The van der Waals surface area contributed by atoms with Gasteiger partial charge in [-0.1, -0.05) is 52.0 Å². The van der Waals surface area contributed by atoms with Crippen molar-refractivity contribution in [3.8, 4) is 22.6 Å². The molecule has 0 fully saturated rings. The summed E-state index contributed by atoms with van der Waals surface area (Å²) in [6, 6.07) is 17.0. The van der Waals surface area contributed by atoms with E-state index in [1.54, 1.807) is 19.2 Å². The molecule has 0 bridgehead atoms. The number of hydrogen-bond donors (Lipinski definition) is 0. The van der Waals surface area contributed by atoms with Crippen molar-refractivity contribution in [1.82, 2.24) is 0 Å². The van der Waals surface area contributed by atoms with Crippen molar-refractivity contribution < 1.29 is 23.4 Å². The van der Waals surface area contributed by atoms with Gasteiger partial charge in [-0.25, -0.2) is 4.39 Å². The highest BCUT2D eigenvalue weighted by atomic mass is 19.1. The Morgan fingerprint density at radius 3 is 2.44 bits per heavy atom. The molecule has 0 saturated heterocycles. The van der Waals surface area contributed by atoms with E-state index in [9.17, 15) is 9.18 Å².